The molecule has 0 fully saturated rings. The summed E-state index contributed by atoms with van der Waals surface area (Å²) in [6, 6.07) is 2.44. The van der Waals surface area contributed by atoms with Gasteiger partial charge in [-0.2, -0.15) is 4.98 Å². The summed E-state index contributed by atoms with van der Waals surface area (Å²) in [7, 11) is 0. The van der Waals surface area contributed by atoms with Crippen LogP contribution in [0, 0.1) is 0 Å². The molecule has 0 aliphatic rings. The summed E-state index contributed by atoms with van der Waals surface area (Å²) in [4.78, 5) is 3.26. The summed E-state index contributed by atoms with van der Waals surface area (Å²) < 4.78 is 38.6. The van der Waals surface area contributed by atoms with Gasteiger partial charge in [-0.25, -0.2) is 0 Å². The van der Waals surface area contributed by atoms with Gasteiger partial charge in [0, 0.05) is 0 Å². The van der Waals surface area contributed by atoms with Crippen molar-refractivity contribution in [3.63, 3.8) is 0 Å². The van der Waals surface area contributed by atoms with Crippen LogP contribution in [0.25, 0.3) is 0 Å². The first-order chi connectivity index (χ1) is 5.88. The first-order valence-electron chi connectivity index (χ1n) is 3.06. The summed E-state index contributed by atoms with van der Waals surface area (Å²) in [5.74, 6) is -0.736. The molecule has 13 heavy (non-hydrogen) atoms. The van der Waals surface area contributed by atoms with Crippen molar-refractivity contribution in [1.29, 1.82) is 0 Å². The molecular formula is C6H4ClF3N2O. The second-order valence-electron chi connectivity index (χ2n) is 2.08. The molecule has 0 spiro atoms. The predicted molar refractivity (Wildman–Crippen MR) is 40.3 cm³/mol. The van der Waals surface area contributed by atoms with Gasteiger partial charge in [0.2, 0.25) is 5.88 Å². The lowest BCUT2D eigenvalue weighted by Crippen LogP contribution is -2.18. The van der Waals surface area contributed by atoms with Crippen LogP contribution in [0.1, 0.15) is 0 Å². The van der Waals surface area contributed by atoms with Crippen LogP contribution in [0.5, 0.6) is 5.88 Å². The molecule has 0 aliphatic carbocycles. The maximum atomic E-state index is 11.7. The molecule has 0 saturated carbocycles. The Morgan fingerprint density at radius 1 is 1.38 bits per heavy atom. The molecule has 0 atom stereocenters. The molecule has 0 amide bonds. The zero-order valence-electron chi connectivity index (χ0n) is 6.10. The van der Waals surface area contributed by atoms with E-state index in [1.54, 1.807) is 0 Å². The number of anilines is 1. The smallest absolute Gasteiger partial charge is 0.394 e. The minimum Gasteiger partial charge on any atom is -0.394 e. The lowest BCUT2D eigenvalue weighted by molar-refractivity contribution is -0.275. The van der Waals surface area contributed by atoms with Crippen LogP contribution in [0.4, 0.5) is 18.9 Å². The second kappa shape index (κ2) is 3.29. The maximum absolute atomic E-state index is 11.7. The highest BCUT2D eigenvalue weighted by Crippen LogP contribution is 2.27. The van der Waals surface area contributed by atoms with E-state index in [0.717, 1.165) is 0 Å². The molecule has 0 aliphatic heterocycles. The SMILES string of the molecule is Nc1ccc(Cl)nc1OC(F)(F)F. The first kappa shape index (κ1) is 9.91. The minimum atomic E-state index is -4.81. The number of hydrogen-bond acceptors (Lipinski definition) is 3. The van der Waals surface area contributed by atoms with Gasteiger partial charge in [-0.3, -0.25) is 0 Å². The van der Waals surface area contributed by atoms with Crippen molar-refractivity contribution in [3.05, 3.63) is 17.3 Å². The molecule has 7 heteroatoms. The fraction of sp³-hybridized carbons (Fsp3) is 0.167. The molecular weight excluding hydrogens is 209 g/mol. The highest BCUT2D eigenvalue weighted by Gasteiger charge is 2.32. The van der Waals surface area contributed by atoms with Crippen molar-refractivity contribution < 1.29 is 17.9 Å². The van der Waals surface area contributed by atoms with Crippen molar-refractivity contribution in [2.45, 2.75) is 6.36 Å². The number of nitrogens with zero attached hydrogens (tertiary/aromatic N) is 1. The van der Waals surface area contributed by atoms with Gasteiger partial charge < -0.3 is 10.5 Å². The van der Waals surface area contributed by atoms with Gasteiger partial charge in [-0.15, -0.1) is 13.2 Å². The van der Waals surface area contributed by atoms with Gasteiger partial charge in [0.1, 0.15) is 5.15 Å². The standard InChI is InChI=1S/C6H4ClF3N2O/c7-4-2-1-3(11)5(12-4)13-6(8,9)10/h1-2H,11H2. The molecule has 72 valence electrons. The molecule has 1 heterocycles. The van der Waals surface area contributed by atoms with E-state index in [0.29, 0.717) is 0 Å². The van der Waals surface area contributed by atoms with Gasteiger partial charge in [0.05, 0.1) is 5.69 Å². The number of rotatable bonds is 1. The first-order valence-corrected chi connectivity index (χ1v) is 3.44. The van der Waals surface area contributed by atoms with Crippen LogP contribution in [-0.4, -0.2) is 11.3 Å². The molecule has 0 bridgehead atoms. The number of alkyl halides is 3. The molecule has 1 rings (SSSR count). The third-order valence-electron chi connectivity index (χ3n) is 1.07. The molecule has 2 N–H and O–H groups in total. The Hall–Kier alpha value is -1.17. The summed E-state index contributed by atoms with van der Waals surface area (Å²) in [5, 5.41) is -0.117. The second-order valence-corrected chi connectivity index (χ2v) is 2.46. The summed E-state index contributed by atoms with van der Waals surface area (Å²) in [6.45, 7) is 0. The highest BCUT2D eigenvalue weighted by atomic mass is 35.5. The maximum Gasteiger partial charge on any atom is 0.574 e. The fourth-order valence-electron chi connectivity index (χ4n) is 0.620. The van der Waals surface area contributed by atoms with Gasteiger partial charge in [0.15, 0.2) is 0 Å². The normalized spacial score (nSPS) is 11.4. The Morgan fingerprint density at radius 3 is 2.54 bits per heavy atom. The quantitative estimate of drug-likeness (QED) is 0.726. The average Bonchev–Trinajstić information content (AvgIpc) is 1.94. The van der Waals surface area contributed by atoms with E-state index in [1.807, 2.05) is 0 Å². The van der Waals surface area contributed by atoms with E-state index >= 15 is 0 Å². The molecule has 1 aromatic rings. The largest absolute Gasteiger partial charge is 0.574 e. The Kier molecular flexibility index (Phi) is 2.51. The van der Waals surface area contributed by atoms with Crippen LogP contribution >= 0.6 is 11.6 Å². The van der Waals surface area contributed by atoms with E-state index in [4.69, 9.17) is 17.3 Å². The number of aromatic nitrogens is 1. The van der Waals surface area contributed by atoms with E-state index in [9.17, 15) is 13.2 Å². The van der Waals surface area contributed by atoms with E-state index < -0.39 is 12.2 Å². The molecule has 0 saturated heterocycles. The monoisotopic (exact) mass is 212 g/mol. The van der Waals surface area contributed by atoms with Crippen molar-refractivity contribution in [1.82, 2.24) is 4.98 Å². The van der Waals surface area contributed by atoms with Crippen molar-refractivity contribution in [3.8, 4) is 5.88 Å². The lowest BCUT2D eigenvalue weighted by atomic mass is 10.4. The number of hydrogen-bond donors (Lipinski definition) is 1. The number of nitrogens with two attached hydrogens (primary N) is 1. The molecule has 1 aromatic heterocycles. The van der Waals surface area contributed by atoms with Crippen LogP contribution in [0.15, 0.2) is 12.1 Å². The Labute approximate surface area is 76.3 Å². The molecule has 3 nitrogen and oxygen atoms in total. The fourth-order valence-corrected chi connectivity index (χ4v) is 0.760. The van der Waals surface area contributed by atoms with E-state index in [1.165, 1.54) is 12.1 Å². The number of halogens is 4. The van der Waals surface area contributed by atoms with Gasteiger partial charge >= 0.3 is 6.36 Å². The number of ether oxygens (including phenoxy) is 1. The summed E-state index contributed by atoms with van der Waals surface area (Å²) in [5.41, 5.74) is 4.93. The predicted octanol–water partition coefficient (Wildman–Crippen LogP) is 2.22. The average molecular weight is 213 g/mol. The van der Waals surface area contributed by atoms with E-state index in [2.05, 4.69) is 9.72 Å². The van der Waals surface area contributed by atoms with E-state index in [-0.39, 0.29) is 10.8 Å². The molecule has 0 radical (unpaired) electrons. The van der Waals surface area contributed by atoms with Crippen LogP contribution in [-0.2, 0) is 0 Å². The van der Waals surface area contributed by atoms with Crippen molar-refractivity contribution in [2.24, 2.45) is 0 Å². The van der Waals surface area contributed by atoms with Gasteiger partial charge in [0.25, 0.3) is 0 Å². The molecule has 0 unspecified atom stereocenters. The third-order valence-corrected chi connectivity index (χ3v) is 1.28. The van der Waals surface area contributed by atoms with Crippen LogP contribution in [0.2, 0.25) is 5.15 Å². The van der Waals surface area contributed by atoms with Crippen molar-refractivity contribution >= 4 is 17.3 Å². The van der Waals surface area contributed by atoms with Gasteiger partial charge in [-0.1, -0.05) is 11.6 Å². The molecule has 0 aromatic carbocycles. The topological polar surface area (TPSA) is 48.1 Å². The Bertz CT molecular complexity index is 315. The third kappa shape index (κ3) is 2.98. The lowest BCUT2D eigenvalue weighted by Gasteiger charge is -2.09. The van der Waals surface area contributed by atoms with Crippen LogP contribution < -0.4 is 10.5 Å². The summed E-state index contributed by atoms with van der Waals surface area (Å²) >= 11 is 5.33. The Morgan fingerprint density at radius 2 is 2.00 bits per heavy atom. The highest BCUT2D eigenvalue weighted by molar-refractivity contribution is 6.29. The Balaban J connectivity index is 2.94. The minimum absolute atomic E-state index is 0.117. The zero-order valence-corrected chi connectivity index (χ0v) is 6.86. The summed E-state index contributed by atoms with van der Waals surface area (Å²) in [6.07, 6.45) is -4.81. The zero-order chi connectivity index (χ0) is 10.1. The number of pyridine rings is 1. The van der Waals surface area contributed by atoms with Crippen LogP contribution in [0.3, 0.4) is 0 Å². The number of nitrogen functional groups attached to an aromatic ring is 1. The van der Waals surface area contributed by atoms with Crippen molar-refractivity contribution in [2.75, 3.05) is 5.73 Å². The van der Waals surface area contributed by atoms with Gasteiger partial charge in [-0.05, 0) is 12.1 Å².